The number of likely N-dealkylation sites (tertiary alicyclic amines) is 1. The van der Waals surface area contributed by atoms with Gasteiger partial charge in [-0.2, -0.15) is 0 Å². The van der Waals surface area contributed by atoms with E-state index >= 15 is 0 Å². The van der Waals surface area contributed by atoms with Crippen LogP contribution < -0.4 is 11.1 Å². The first kappa shape index (κ1) is 19.7. The molecule has 5 nitrogen and oxygen atoms in total. The Bertz CT molecular complexity index is 882. The first-order valence-electron chi connectivity index (χ1n) is 9.79. The van der Waals surface area contributed by atoms with Crippen molar-refractivity contribution in [3.8, 4) is 0 Å². The minimum atomic E-state index is 0.0746. The van der Waals surface area contributed by atoms with Gasteiger partial charge in [-0.3, -0.25) is 10.2 Å². The van der Waals surface area contributed by atoms with Crippen LogP contribution in [0.1, 0.15) is 46.3 Å². The molecule has 2 aromatic carbocycles. The Morgan fingerprint density at radius 2 is 2.00 bits per heavy atom. The van der Waals surface area contributed by atoms with Crippen molar-refractivity contribution in [3.05, 3.63) is 70.8 Å². The van der Waals surface area contributed by atoms with Gasteiger partial charge in [0.2, 0.25) is 0 Å². The minimum Gasteiger partial charge on any atom is -0.385 e. The van der Waals surface area contributed by atoms with Crippen molar-refractivity contribution in [3.63, 3.8) is 0 Å². The van der Waals surface area contributed by atoms with Crippen molar-refractivity contribution in [2.24, 2.45) is 5.73 Å². The van der Waals surface area contributed by atoms with E-state index in [1.807, 2.05) is 48.2 Å². The number of nitrogens with zero attached hydrogens (tertiary/aromatic N) is 1. The number of amides is 1. The van der Waals surface area contributed by atoms with Crippen LogP contribution in [-0.2, 0) is 0 Å². The molecule has 3 rings (SSSR count). The van der Waals surface area contributed by atoms with Gasteiger partial charge in [0, 0.05) is 36.4 Å². The normalized spacial score (nSPS) is 13.8. The van der Waals surface area contributed by atoms with Gasteiger partial charge in [0.15, 0.2) is 0 Å². The van der Waals surface area contributed by atoms with Crippen LogP contribution in [0.15, 0.2) is 48.5 Å². The van der Waals surface area contributed by atoms with E-state index < -0.39 is 0 Å². The number of anilines is 1. The van der Waals surface area contributed by atoms with Gasteiger partial charge in [-0.15, -0.1) is 0 Å². The van der Waals surface area contributed by atoms with E-state index in [0.717, 1.165) is 66.8 Å². The quantitative estimate of drug-likeness (QED) is 0.388. The zero-order chi connectivity index (χ0) is 19.9. The third kappa shape index (κ3) is 5.00. The molecule has 1 aliphatic rings. The summed E-state index contributed by atoms with van der Waals surface area (Å²) in [5, 5.41) is 10.8. The monoisotopic (exact) mass is 376 g/mol. The first-order chi connectivity index (χ1) is 13.5. The molecule has 28 heavy (non-hydrogen) atoms. The van der Waals surface area contributed by atoms with E-state index in [0.29, 0.717) is 0 Å². The SMILES string of the molecule is Cc1cc(/C=C/CCNc2cccc(C(=N)N)c2)ccc1C(=O)N1CCCC1. The number of nitrogen functional groups attached to an aromatic ring is 1. The second kappa shape index (κ2) is 9.22. The van der Waals surface area contributed by atoms with Crippen LogP contribution in [0.3, 0.4) is 0 Å². The Balaban J connectivity index is 1.52. The number of hydrogen-bond acceptors (Lipinski definition) is 3. The molecule has 1 heterocycles. The molecule has 0 atom stereocenters. The summed E-state index contributed by atoms with van der Waals surface area (Å²) >= 11 is 0. The molecule has 0 bridgehead atoms. The molecule has 0 unspecified atom stereocenters. The molecule has 1 amide bonds. The average Bonchev–Trinajstić information content (AvgIpc) is 3.22. The van der Waals surface area contributed by atoms with Gasteiger partial charge < -0.3 is 16.0 Å². The number of nitrogens with two attached hydrogens (primary N) is 1. The molecular weight excluding hydrogens is 348 g/mol. The lowest BCUT2D eigenvalue weighted by Gasteiger charge is -2.16. The second-order valence-corrected chi connectivity index (χ2v) is 7.19. The Labute approximate surface area is 166 Å². The van der Waals surface area contributed by atoms with Crippen LogP contribution in [0.5, 0.6) is 0 Å². The van der Waals surface area contributed by atoms with Crippen molar-refractivity contribution >= 4 is 23.5 Å². The molecule has 1 saturated heterocycles. The molecule has 1 aliphatic heterocycles. The van der Waals surface area contributed by atoms with Crippen molar-refractivity contribution in [2.75, 3.05) is 25.0 Å². The number of amidine groups is 1. The molecule has 5 heteroatoms. The highest BCUT2D eigenvalue weighted by Crippen LogP contribution is 2.18. The highest BCUT2D eigenvalue weighted by molar-refractivity contribution is 5.96. The smallest absolute Gasteiger partial charge is 0.254 e. The molecule has 0 radical (unpaired) electrons. The molecule has 0 spiro atoms. The molecule has 4 N–H and O–H groups in total. The van der Waals surface area contributed by atoms with E-state index in [9.17, 15) is 4.79 Å². The summed E-state index contributed by atoms with van der Waals surface area (Å²) < 4.78 is 0. The van der Waals surface area contributed by atoms with E-state index in [2.05, 4.69) is 23.5 Å². The van der Waals surface area contributed by atoms with Crippen molar-refractivity contribution < 1.29 is 4.79 Å². The van der Waals surface area contributed by atoms with Crippen LogP contribution in [-0.4, -0.2) is 36.3 Å². The third-order valence-corrected chi connectivity index (χ3v) is 5.00. The Morgan fingerprint density at radius 3 is 2.71 bits per heavy atom. The average molecular weight is 377 g/mol. The number of benzene rings is 2. The van der Waals surface area contributed by atoms with Gasteiger partial charge in [-0.25, -0.2) is 0 Å². The molecule has 0 aromatic heterocycles. The summed E-state index contributed by atoms with van der Waals surface area (Å²) in [6, 6.07) is 13.6. The summed E-state index contributed by atoms with van der Waals surface area (Å²) in [4.78, 5) is 14.5. The fraction of sp³-hybridized carbons (Fsp3) is 0.304. The number of carbonyl (C=O) groups excluding carboxylic acids is 1. The van der Waals surface area contributed by atoms with Crippen LogP contribution in [0.4, 0.5) is 5.69 Å². The van der Waals surface area contributed by atoms with Gasteiger partial charge in [-0.05, 0) is 55.5 Å². The molecular formula is C23H28N4O. The number of carbonyl (C=O) groups is 1. The maximum absolute atomic E-state index is 12.6. The fourth-order valence-electron chi connectivity index (χ4n) is 3.44. The highest BCUT2D eigenvalue weighted by Gasteiger charge is 2.20. The summed E-state index contributed by atoms with van der Waals surface area (Å²) in [5.41, 5.74) is 10.1. The number of nitrogens with one attached hydrogen (secondary N) is 2. The van der Waals surface area contributed by atoms with Gasteiger partial charge in [0.1, 0.15) is 5.84 Å². The van der Waals surface area contributed by atoms with Crippen LogP contribution in [0.25, 0.3) is 6.08 Å². The fourth-order valence-corrected chi connectivity index (χ4v) is 3.44. The molecule has 146 valence electrons. The third-order valence-electron chi connectivity index (χ3n) is 5.00. The lowest BCUT2D eigenvalue weighted by molar-refractivity contribution is 0.0792. The van der Waals surface area contributed by atoms with Gasteiger partial charge >= 0.3 is 0 Å². The lowest BCUT2D eigenvalue weighted by atomic mass is 10.0. The molecule has 1 fully saturated rings. The predicted molar refractivity (Wildman–Crippen MR) is 116 cm³/mol. The van der Waals surface area contributed by atoms with Gasteiger partial charge in [0.25, 0.3) is 5.91 Å². The highest BCUT2D eigenvalue weighted by atomic mass is 16.2. The Kier molecular flexibility index (Phi) is 6.48. The minimum absolute atomic E-state index is 0.0746. The number of hydrogen-bond donors (Lipinski definition) is 3. The van der Waals surface area contributed by atoms with Crippen LogP contribution >= 0.6 is 0 Å². The standard InChI is InChI=1S/C23H28N4O/c1-17-15-18(10-11-21(17)23(28)27-13-4-5-14-27)7-2-3-12-26-20-9-6-8-19(16-20)22(24)25/h2,6-11,15-16,26H,3-5,12-14H2,1H3,(H3,24,25)/b7-2+. The van der Waals surface area contributed by atoms with E-state index in [1.54, 1.807) is 0 Å². The Hall–Kier alpha value is -3.08. The maximum atomic E-state index is 12.6. The van der Waals surface area contributed by atoms with Gasteiger partial charge in [0.05, 0.1) is 0 Å². The topological polar surface area (TPSA) is 82.2 Å². The van der Waals surface area contributed by atoms with Crippen LogP contribution in [0, 0.1) is 12.3 Å². The van der Waals surface area contributed by atoms with Crippen molar-refractivity contribution in [1.82, 2.24) is 4.90 Å². The van der Waals surface area contributed by atoms with Gasteiger partial charge in [-0.1, -0.05) is 36.4 Å². The largest absolute Gasteiger partial charge is 0.385 e. The summed E-state index contributed by atoms with van der Waals surface area (Å²) in [7, 11) is 0. The summed E-state index contributed by atoms with van der Waals surface area (Å²) in [5.74, 6) is 0.230. The molecule has 2 aromatic rings. The van der Waals surface area contributed by atoms with Crippen molar-refractivity contribution in [1.29, 1.82) is 5.41 Å². The molecule has 0 saturated carbocycles. The lowest BCUT2D eigenvalue weighted by Crippen LogP contribution is -2.28. The van der Waals surface area contributed by atoms with E-state index in [1.165, 1.54) is 0 Å². The summed E-state index contributed by atoms with van der Waals surface area (Å²) in [6.07, 6.45) is 7.30. The zero-order valence-corrected chi connectivity index (χ0v) is 16.4. The zero-order valence-electron chi connectivity index (χ0n) is 16.4. The number of rotatable bonds is 7. The molecule has 0 aliphatic carbocycles. The van der Waals surface area contributed by atoms with Crippen molar-refractivity contribution in [2.45, 2.75) is 26.2 Å². The maximum Gasteiger partial charge on any atom is 0.254 e. The first-order valence-corrected chi connectivity index (χ1v) is 9.79. The second-order valence-electron chi connectivity index (χ2n) is 7.19. The number of aryl methyl sites for hydroxylation is 1. The predicted octanol–water partition coefficient (Wildman–Crippen LogP) is 4.03. The summed E-state index contributed by atoms with van der Waals surface area (Å²) in [6.45, 7) is 4.55. The van der Waals surface area contributed by atoms with E-state index in [4.69, 9.17) is 11.1 Å². The van der Waals surface area contributed by atoms with E-state index in [-0.39, 0.29) is 11.7 Å². The van der Waals surface area contributed by atoms with Crippen LogP contribution in [0.2, 0.25) is 0 Å². The Morgan fingerprint density at radius 1 is 1.21 bits per heavy atom.